The minimum Gasteiger partial charge on any atom is -0.356 e. The van der Waals surface area contributed by atoms with Crippen molar-refractivity contribution in [3.8, 4) is 0 Å². The van der Waals surface area contributed by atoms with Crippen LogP contribution in [-0.2, 0) is 0 Å². The van der Waals surface area contributed by atoms with Crippen molar-refractivity contribution in [2.75, 3.05) is 18.0 Å². The minimum absolute atomic E-state index is 0.345. The van der Waals surface area contributed by atoms with Crippen LogP contribution >= 0.6 is 15.9 Å². The fourth-order valence-electron chi connectivity index (χ4n) is 2.39. The number of piperidine rings is 1. The largest absolute Gasteiger partial charge is 0.356 e. The number of nitrogens with zero attached hydrogens (tertiary/aromatic N) is 2. The van der Waals surface area contributed by atoms with Crippen molar-refractivity contribution < 1.29 is 13.6 Å². The number of hydrogen-bond donors (Lipinski definition) is 0. The second-order valence-corrected chi connectivity index (χ2v) is 5.21. The van der Waals surface area contributed by atoms with E-state index in [1.165, 1.54) is 0 Å². The van der Waals surface area contributed by atoms with Crippen LogP contribution in [0.25, 0.3) is 0 Å². The van der Waals surface area contributed by atoms with E-state index >= 15 is 0 Å². The number of aromatic nitrogens is 1. The predicted octanol–water partition coefficient (Wildman–Crippen LogP) is 2.36. The fourth-order valence-corrected chi connectivity index (χ4v) is 2.80. The van der Waals surface area contributed by atoms with Gasteiger partial charge in [0.25, 0.3) is 5.92 Å². The van der Waals surface area contributed by atoms with Gasteiger partial charge in [0.2, 0.25) is 0 Å². The van der Waals surface area contributed by atoms with Crippen molar-refractivity contribution in [1.82, 2.24) is 4.98 Å². The molecule has 0 spiro atoms. The first-order valence-electron chi connectivity index (χ1n) is 5.28. The maximum absolute atomic E-state index is 13.0. The molecule has 2 heterocycles. The molecule has 2 unspecified atom stereocenters. The predicted molar refractivity (Wildman–Crippen MR) is 61.5 cm³/mol. The molecule has 1 aliphatic heterocycles. The normalized spacial score (nSPS) is 29.0. The lowest BCUT2D eigenvalue weighted by Gasteiger charge is -2.21. The van der Waals surface area contributed by atoms with Crippen LogP contribution in [0.15, 0.2) is 16.7 Å². The zero-order chi connectivity index (χ0) is 12.2. The maximum Gasteiger partial charge on any atom is 0.258 e. The molecule has 2 aliphatic rings. The summed E-state index contributed by atoms with van der Waals surface area (Å²) in [5.41, 5.74) is 0.462. The Bertz CT molecular complexity index is 480. The number of alkyl halides is 2. The van der Waals surface area contributed by atoms with Crippen molar-refractivity contribution in [2.45, 2.75) is 5.92 Å². The molecule has 90 valence electrons. The monoisotopic (exact) mass is 302 g/mol. The Morgan fingerprint density at radius 3 is 2.59 bits per heavy atom. The van der Waals surface area contributed by atoms with E-state index in [0.717, 1.165) is 0 Å². The van der Waals surface area contributed by atoms with E-state index in [0.29, 0.717) is 35.4 Å². The molecule has 1 saturated heterocycles. The van der Waals surface area contributed by atoms with Crippen LogP contribution in [0.3, 0.4) is 0 Å². The van der Waals surface area contributed by atoms with Gasteiger partial charge in [0.15, 0.2) is 6.29 Å². The molecule has 0 aromatic carbocycles. The third-order valence-corrected chi connectivity index (χ3v) is 4.15. The molecule has 0 amide bonds. The average Bonchev–Trinajstić information content (AvgIpc) is 2.70. The van der Waals surface area contributed by atoms with Gasteiger partial charge in [0, 0.05) is 18.7 Å². The zero-order valence-electron chi connectivity index (χ0n) is 8.74. The molecule has 1 aromatic rings. The summed E-state index contributed by atoms with van der Waals surface area (Å²) in [6, 6.07) is 3.33. The number of hydrogen-bond acceptors (Lipinski definition) is 3. The quantitative estimate of drug-likeness (QED) is 0.621. The summed E-state index contributed by atoms with van der Waals surface area (Å²) >= 11 is 3.19. The van der Waals surface area contributed by atoms with Crippen molar-refractivity contribution >= 4 is 28.0 Å². The maximum atomic E-state index is 13.0. The van der Waals surface area contributed by atoms with Crippen LogP contribution in [-0.4, -0.2) is 30.3 Å². The summed E-state index contributed by atoms with van der Waals surface area (Å²) in [7, 11) is 0. The molecule has 3 nitrogen and oxygen atoms in total. The number of anilines is 1. The highest BCUT2D eigenvalue weighted by Crippen LogP contribution is 2.59. The van der Waals surface area contributed by atoms with Gasteiger partial charge in [-0.1, -0.05) is 0 Å². The van der Waals surface area contributed by atoms with Crippen LogP contribution in [0.2, 0.25) is 0 Å². The second kappa shape index (κ2) is 3.48. The summed E-state index contributed by atoms with van der Waals surface area (Å²) in [5, 5.41) is 0. The summed E-state index contributed by atoms with van der Waals surface area (Å²) in [6.07, 6.45) is 0.705. The minimum atomic E-state index is -2.48. The zero-order valence-corrected chi connectivity index (χ0v) is 10.3. The summed E-state index contributed by atoms with van der Waals surface area (Å²) in [6.45, 7) is 0.690. The first-order chi connectivity index (χ1) is 8.04. The van der Waals surface area contributed by atoms with Gasteiger partial charge in [0.05, 0.1) is 11.8 Å². The summed E-state index contributed by atoms with van der Waals surface area (Å²) in [5.74, 6) is -2.87. The van der Waals surface area contributed by atoms with Crippen LogP contribution in [0, 0.1) is 11.8 Å². The summed E-state index contributed by atoms with van der Waals surface area (Å²) < 4.78 is 26.5. The molecular weight excluding hydrogens is 294 g/mol. The molecule has 2 fully saturated rings. The number of rotatable bonds is 2. The molecule has 0 N–H and O–H groups in total. The van der Waals surface area contributed by atoms with E-state index in [4.69, 9.17) is 0 Å². The van der Waals surface area contributed by atoms with Crippen molar-refractivity contribution in [2.24, 2.45) is 11.8 Å². The van der Waals surface area contributed by atoms with Gasteiger partial charge in [-0.15, -0.1) is 0 Å². The van der Waals surface area contributed by atoms with Crippen LogP contribution in [0.1, 0.15) is 10.4 Å². The highest BCUT2D eigenvalue weighted by molar-refractivity contribution is 9.10. The Morgan fingerprint density at radius 1 is 1.41 bits per heavy atom. The van der Waals surface area contributed by atoms with Crippen molar-refractivity contribution in [3.63, 3.8) is 0 Å². The van der Waals surface area contributed by atoms with Crippen LogP contribution < -0.4 is 4.90 Å². The topological polar surface area (TPSA) is 33.2 Å². The van der Waals surface area contributed by atoms with E-state index in [-0.39, 0.29) is 0 Å². The van der Waals surface area contributed by atoms with E-state index in [1.54, 1.807) is 12.1 Å². The van der Waals surface area contributed by atoms with Gasteiger partial charge in [-0.3, -0.25) is 4.79 Å². The Hall–Kier alpha value is -1.04. The van der Waals surface area contributed by atoms with Crippen LogP contribution in [0.5, 0.6) is 0 Å². The Labute approximate surface area is 105 Å². The SMILES string of the molecule is O=Cc1ccc(N2CC3C(C2)C3(F)F)nc1Br. The number of carbonyl (C=O) groups is 1. The van der Waals surface area contributed by atoms with Crippen molar-refractivity contribution in [3.05, 3.63) is 22.3 Å². The fraction of sp³-hybridized carbons (Fsp3) is 0.455. The molecule has 2 atom stereocenters. The highest BCUT2D eigenvalue weighted by atomic mass is 79.9. The van der Waals surface area contributed by atoms with Gasteiger partial charge < -0.3 is 4.90 Å². The average molecular weight is 303 g/mol. The molecule has 1 aliphatic carbocycles. The lowest BCUT2D eigenvalue weighted by Crippen LogP contribution is -2.28. The lowest BCUT2D eigenvalue weighted by molar-refractivity contribution is 0.0797. The third-order valence-electron chi connectivity index (χ3n) is 3.51. The van der Waals surface area contributed by atoms with Gasteiger partial charge in [-0.2, -0.15) is 0 Å². The number of carbonyl (C=O) groups excluding carboxylic acids is 1. The first-order valence-corrected chi connectivity index (χ1v) is 6.08. The molecular formula is C11H9BrF2N2O. The molecule has 1 saturated carbocycles. The van der Waals surface area contributed by atoms with Crippen molar-refractivity contribution in [1.29, 1.82) is 0 Å². The van der Waals surface area contributed by atoms with Gasteiger partial charge >= 0.3 is 0 Å². The number of pyridine rings is 1. The molecule has 3 rings (SSSR count). The van der Waals surface area contributed by atoms with E-state index in [1.807, 2.05) is 4.90 Å². The van der Waals surface area contributed by atoms with Gasteiger partial charge in [0.1, 0.15) is 10.4 Å². The molecule has 1 aromatic heterocycles. The van der Waals surface area contributed by atoms with E-state index in [9.17, 15) is 13.6 Å². The van der Waals surface area contributed by atoms with Gasteiger partial charge in [-0.05, 0) is 28.1 Å². The van der Waals surface area contributed by atoms with Crippen LogP contribution in [0.4, 0.5) is 14.6 Å². The second-order valence-electron chi connectivity index (χ2n) is 4.46. The van der Waals surface area contributed by atoms with E-state index < -0.39 is 17.8 Å². The Balaban J connectivity index is 1.79. The number of halogens is 3. The van der Waals surface area contributed by atoms with E-state index in [2.05, 4.69) is 20.9 Å². The number of aldehydes is 1. The molecule has 17 heavy (non-hydrogen) atoms. The smallest absolute Gasteiger partial charge is 0.258 e. The molecule has 6 heteroatoms. The van der Waals surface area contributed by atoms with Gasteiger partial charge in [-0.25, -0.2) is 13.8 Å². The Morgan fingerprint density at radius 2 is 2.06 bits per heavy atom. The number of fused-ring (bicyclic) bond motifs is 1. The Kier molecular flexibility index (Phi) is 2.26. The summed E-state index contributed by atoms with van der Waals surface area (Å²) in [4.78, 5) is 16.7. The lowest BCUT2D eigenvalue weighted by atomic mass is 10.3. The molecule has 0 radical (unpaired) electrons. The highest BCUT2D eigenvalue weighted by Gasteiger charge is 2.71. The first kappa shape index (κ1) is 11.1. The molecule has 0 bridgehead atoms. The standard InChI is InChI=1S/C11H9BrF2N2O/c12-10-6(5-17)1-2-9(15-10)16-3-7-8(4-16)11(7,13)14/h1-2,5,7-8H,3-4H2. The third kappa shape index (κ3) is 1.57.